The third kappa shape index (κ3) is 2.52. The van der Waals surface area contributed by atoms with Gasteiger partial charge in [-0.05, 0) is 21.6 Å². The first kappa shape index (κ1) is 15.6. The van der Waals surface area contributed by atoms with E-state index in [0.717, 1.165) is 11.1 Å². The Morgan fingerprint density at radius 1 is 0.846 bits per heavy atom. The lowest BCUT2D eigenvalue weighted by molar-refractivity contribution is 0.0169. The Morgan fingerprint density at radius 2 is 1.54 bits per heavy atom. The molecule has 5 rings (SSSR count). The second kappa shape index (κ2) is 6.28. The number of aromatic nitrogens is 4. The molecule has 0 radical (unpaired) electrons. The number of hydrogen-bond acceptors (Lipinski definition) is 6. The lowest BCUT2D eigenvalue weighted by Crippen LogP contribution is -2.30. The SMILES string of the molecule is O[C@@H]1CO[C@H]2[C@H]1OC[C@H]2n1nnnc1-c1ccc(-c2ccccc2)cc1. The molecule has 7 heteroatoms. The lowest BCUT2D eigenvalue weighted by atomic mass is 10.0. The zero-order chi connectivity index (χ0) is 17.5. The summed E-state index contributed by atoms with van der Waals surface area (Å²) in [5.41, 5.74) is 3.23. The first-order valence-corrected chi connectivity index (χ1v) is 8.66. The van der Waals surface area contributed by atoms with Gasteiger partial charge in [0.05, 0.1) is 13.2 Å². The van der Waals surface area contributed by atoms with Crippen molar-refractivity contribution in [3.8, 4) is 22.5 Å². The van der Waals surface area contributed by atoms with Crippen LogP contribution in [0.15, 0.2) is 54.6 Å². The van der Waals surface area contributed by atoms with Gasteiger partial charge in [0, 0.05) is 5.56 Å². The number of hydrogen-bond donors (Lipinski definition) is 1. The van der Waals surface area contributed by atoms with Gasteiger partial charge in [0.1, 0.15) is 24.4 Å². The van der Waals surface area contributed by atoms with Crippen LogP contribution >= 0.6 is 0 Å². The first-order chi connectivity index (χ1) is 12.8. The summed E-state index contributed by atoms with van der Waals surface area (Å²) in [4.78, 5) is 0. The Bertz CT molecular complexity index is 897. The van der Waals surface area contributed by atoms with E-state index >= 15 is 0 Å². The van der Waals surface area contributed by atoms with Gasteiger partial charge in [-0.2, -0.15) is 0 Å². The van der Waals surface area contributed by atoms with Crippen molar-refractivity contribution in [2.24, 2.45) is 0 Å². The number of aliphatic hydroxyl groups excluding tert-OH is 1. The van der Waals surface area contributed by atoms with E-state index in [9.17, 15) is 5.11 Å². The average molecular weight is 350 g/mol. The maximum Gasteiger partial charge on any atom is 0.182 e. The predicted octanol–water partition coefficient (Wildman–Crippen LogP) is 1.71. The Hall–Kier alpha value is -2.61. The molecule has 132 valence electrons. The highest BCUT2D eigenvalue weighted by molar-refractivity contribution is 5.67. The number of ether oxygens (including phenoxy) is 2. The average Bonchev–Trinajstić information content (AvgIpc) is 3.40. The molecule has 4 atom stereocenters. The Kier molecular flexibility index (Phi) is 3.77. The highest BCUT2D eigenvalue weighted by atomic mass is 16.6. The molecule has 2 aromatic carbocycles. The van der Waals surface area contributed by atoms with Gasteiger partial charge in [0.2, 0.25) is 0 Å². The molecule has 1 N–H and O–H groups in total. The standard InChI is InChI=1S/C19H18N4O3/c24-16-11-26-17-15(10-25-18(16)17)23-19(20-21-22-23)14-8-6-13(7-9-14)12-4-2-1-3-5-12/h1-9,15-18,24H,10-11H2/t15-,16-,17-,18+/m1/s1. The molecule has 0 saturated carbocycles. The summed E-state index contributed by atoms with van der Waals surface area (Å²) in [5, 5.41) is 22.1. The van der Waals surface area contributed by atoms with Crippen molar-refractivity contribution < 1.29 is 14.6 Å². The van der Waals surface area contributed by atoms with Crippen LogP contribution in [0.4, 0.5) is 0 Å². The summed E-state index contributed by atoms with van der Waals surface area (Å²) in [6, 6.07) is 18.2. The molecule has 0 aliphatic carbocycles. The molecule has 0 spiro atoms. The Balaban J connectivity index is 1.45. The molecule has 2 saturated heterocycles. The van der Waals surface area contributed by atoms with Crippen molar-refractivity contribution in [1.82, 2.24) is 20.2 Å². The van der Waals surface area contributed by atoms with Crippen LogP contribution in [-0.2, 0) is 9.47 Å². The number of tetrazole rings is 1. The fourth-order valence-electron chi connectivity index (χ4n) is 3.72. The van der Waals surface area contributed by atoms with Crippen LogP contribution in [0.2, 0.25) is 0 Å². The zero-order valence-corrected chi connectivity index (χ0v) is 14.0. The van der Waals surface area contributed by atoms with Crippen molar-refractivity contribution >= 4 is 0 Å². The Morgan fingerprint density at radius 3 is 2.35 bits per heavy atom. The molecule has 3 heterocycles. The maximum absolute atomic E-state index is 9.93. The van der Waals surface area contributed by atoms with Crippen molar-refractivity contribution in [2.75, 3.05) is 13.2 Å². The zero-order valence-electron chi connectivity index (χ0n) is 14.0. The van der Waals surface area contributed by atoms with Crippen molar-refractivity contribution in [1.29, 1.82) is 0 Å². The fraction of sp³-hybridized carbons (Fsp3) is 0.316. The summed E-state index contributed by atoms with van der Waals surface area (Å²) in [7, 11) is 0. The summed E-state index contributed by atoms with van der Waals surface area (Å²) in [6.07, 6.45) is -1.12. The van der Waals surface area contributed by atoms with Gasteiger partial charge in [-0.3, -0.25) is 0 Å². The van der Waals surface area contributed by atoms with Crippen LogP contribution in [0.5, 0.6) is 0 Å². The van der Waals surface area contributed by atoms with Crippen molar-refractivity contribution in [3.63, 3.8) is 0 Å². The van der Waals surface area contributed by atoms with Gasteiger partial charge in [0.25, 0.3) is 0 Å². The van der Waals surface area contributed by atoms with Gasteiger partial charge in [0.15, 0.2) is 5.82 Å². The number of aliphatic hydroxyl groups is 1. The number of fused-ring (bicyclic) bond motifs is 1. The van der Waals surface area contributed by atoms with Gasteiger partial charge < -0.3 is 14.6 Å². The molecular formula is C19H18N4O3. The molecule has 2 aliphatic rings. The normalized spacial score (nSPS) is 27.6. The second-order valence-electron chi connectivity index (χ2n) is 6.62. The number of benzene rings is 2. The summed E-state index contributed by atoms with van der Waals surface area (Å²) >= 11 is 0. The van der Waals surface area contributed by atoms with Gasteiger partial charge in [-0.1, -0.05) is 54.6 Å². The van der Waals surface area contributed by atoms with Gasteiger partial charge >= 0.3 is 0 Å². The minimum absolute atomic E-state index is 0.143. The molecule has 0 unspecified atom stereocenters. The summed E-state index contributed by atoms with van der Waals surface area (Å²) < 4.78 is 13.2. The molecule has 7 nitrogen and oxygen atoms in total. The van der Waals surface area contributed by atoms with E-state index in [2.05, 4.69) is 39.8 Å². The van der Waals surface area contributed by atoms with Gasteiger partial charge in [-0.15, -0.1) is 5.10 Å². The third-order valence-electron chi connectivity index (χ3n) is 5.06. The number of nitrogens with zero attached hydrogens (tertiary/aromatic N) is 4. The van der Waals surface area contributed by atoms with E-state index in [1.165, 1.54) is 5.56 Å². The smallest absolute Gasteiger partial charge is 0.182 e. The quantitative estimate of drug-likeness (QED) is 0.774. The van der Waals surface area contributed by atoms with E-state index in [-0.39, 0.29) is 24.9 Å². The van der Waals surface area contributed by atoms with Crippen LogP contribution in [-0.4, -0.2) is 56.8 Å². The minimum Gasteiger partial charge on any atom is -0.388 e. The molecule has 2 fully saturated rings. The van der Waals surface area contributed by atoms with Crippen LogP contribution < -0.4 is 0 Å². The molecule has 26 heavy (non-hydrogen) atoms. The second-order valence-corrected chi connectivity index (χ2v) is 6.62. The monoisotopic (exact) mass is 350 g/mol. The molecule has 1 aromatic heterocycles. The van der Waals surface area contributed by atoms with E-state index in [1.54, 1.807) is 4.68 Å². The van der Waals surface area contributed by atoms with E-state index in [1.807, 2.05) is 30.3 Å². The summed E-state index contributed by atoms with van der Waals surface area (Å²) in [5.74, 6) is 0.670. The minimum atomic E-state index is -0.588. The van der Waals surface area contributed by atoms with Crippen molar-refractivity contribution in [3.05, 3.63) is 54.6 Å². The summed E-state index contributed by atoms with van der Waals surface area (Å²) in [6.45, 7) is 0.710. The van der Waals surface area contributed by atoms with Crippen LogP contribution in [0.25, 0.3) is 22.5 Å². The van der Waals surface area contributed by atoms with Crippen molar-refractivity contribution in [2.45, 2.75) is 24.4 Å². The molecular weight excluding hydrogens is 332 g/mol. The van der Waals surface area contributed by atoms with Crippen LogP contribution in [0.3, 0.4) is 0 Å². The highest BCUT2D eigenvalue weighted by Crippen LogP contribution is 2.35. The maximum atomic E-state index is 9.93. The number of rotatable bonds is 3. The highest BCUT2D eigenvalue weighted by Gasteiger charge is 2.49. The lowest BCUT2D eigenvalue weighted by Gasteiger charge is -2.17. The third-order valence-corrected chi connectivity index (χ3v) is 5.06. The molecule has 2 aliphatic heterocycles. The Labute approximate surface area is 150 Å². The molecule has 0 amide bonds. The topological polar surface area (TPSA) is 82.3 Å². The van der Waals surface area contributed by atoms with Crippen LogP contribution in [0.1, 0.15) is 6.04 Å². The predicted molar refractivity (Wildman–Crippen MR) is 93.2 cm³/mol. The largest absolute Gasteiger partial charge is 0.388 e. The van der Waals surface area contributed by atoms with Gasteiger partial charge in [-0.25, -0.2) is 4.68 Å². The molecule has 3 aromatic rings. The first-order valence-electron chi connectivity index (χ1n) is 8.66. The van der Waals surface area contributed by atoms with E-state index in [0.29, 0.717) is 12.4 Å². The fourth-order valence-corrected chi connectivity index (χ4v) is 3.72. The molecule has 0 bridgehead atoms. The van der Waals surface area contributed by atoms with E-state index in [4.69, 9.17) is 9.47 Å². The van der Waals surface area contributed by atoms with E-state index < -0.39 is 6.10 Å². The van der Waals surface area contributed by atoms with Crippen LogP contribution in [0, 0.1) is 0 Å².